The summed E-state index contributed by atoms with van der Waals surface area (Å²) < 4.78 is 0.897. The summed E-state index contributed by atoms with van der Waals surface area (Å²) in [4.78, 5) is 18.3. The largest absolute Gasteiger partial charge is 0.322 e. The molecule has 0 saturated carbocycles. The molecule has 3 nitrogen and oxygen atoms in total. The quantitative estimate of drug-likeness (QED) is 0.454. The number of para-hydroxylation sites is 1. The van der Waals surface area contributed by atoms with E-state index in [-0.39, 0.29) is 12.1 Å². The Bertz CT molecular complexity index is 1050. The van der Waals surface area contributed by atoms with Crippen LogP contribution < -0.4 is 5.32 Å². The average Bonchev–Trinajstić information content (AvgIpc) is 3.14. The lowest BCUT2D eigenvalue weighted by Crippen LogP contribution is -2.42. The topological polar surface area (TPSA) is 32.3 Å². The summed E-state index contributed by atoms with van der Waals surface area (Å²) in [6.07, 6.45) is 5.92. The Kier molecular flexibility index (Phi) is 5.18. The van der Waals surface area contributed by atoms with Gasteiger partial charge in [0.15, 0.2) is 0 Å². The number of thiophene rings is 1. The second-order valence-corrected chi connectivity index (χ2v) is 9.71. The summed E-state index contributed by atoms with van der Waals surface area (Å²) >= 11 is 5.48. The number of carbonyl (C=O) groups excluding carboxylic acids is 1. The van der Waals surface area contributed by atoms with Crippen molar-refractivity contribution >= 4 is 39.0 Å². The molecule has 0 radical (unpaired) electrons. The van der Waals surface area contributed by atoms with E-state index < -0.39 is 0 Å². The molecule has 1 aliphatic carbocycles. The van der Waals surface area contributed by atoms with Gasteiger partial charge in [-0.1, -0.05) is 42.5 Å². The van der Waals surface area contributed by atoms with Crippen LogP contribution in [0.5, 0.6) is 0 Å². The van der Waals surface area contributed by atoms with Crippen LogP contribution in [0.25, 0.3) is 0 Å². The Hall–Kier alpha value is -2.11. The zero-order chi connectivity index (χ0) is 19.8. The molecule has 2 heterocycles. The van der Waals surface area contributed by atoms with Gasteiger partial charge in [-0.05, 0) is 76.9 Å². The van der Waals surface area contributed by atoms with Gasteiger partial charge in [0, 0.05) is 20.8 Å². The molecule has 1 aliphatic heterocycles. The number of nitrogens with zero attached hydrogens (tertiary/aromatic N) is 1. The van der Waals surface area contributed by atoms with Gasteiger partial charge in [0.1, 0.15) is 0 Å². The minimum atomic E-state index is -0.0391. The lowest BCUT2D eigenvalue weighted by atomic mass is 9.88. The summed E-state index contributed by atoms with van der Waals surface area (Å²) in [5.74, 6) is 0. The Labute approximate surface area is 183 Å². The lowest BCUT2D eigenvalue weighted by molar-refractivity contribution is 0.195. The van der Waals surface area contributed by atoms with Crippen molar-refractivity contribution in [3.05, 3.63) is 85.5 Å². The average molecular weight is 467 g/mol. The standard InChI is InChI=1S/C24H23BrN2OS/c25-19-11-5-6-12-20(19)26-24(28)27-15-14-18-17-10-4-7-13-21(17)29-23(18)22(27)16-8-2-1-3-9-16/h1-3,5-6,8-9,11-12,22H,4,7,10,13-15H2,(H,26,28). The summed E-state index contributed by atoms with van der Waals surface area (Å²) in [7, 11) is 0. The number of anilines is 1. The van der Waals surface area contributed by atoms with Gasteiger partial charge in [-0.25, -0.2) is 4.79 Å². The number of amides is 2. The van der Waals surface area contributed by atoms with Crippen LogP contribution in [0.1, 0.15) is 45.3 Å². The molecule has 2 amide bonds. The molecule has 0 bridgehead atoms. The van der Waals surface area contributed by atoms with Crippen molar-refractivity contribution in [3.63, 3.8) is 0 Å². The van der Waals surface area contributed by atoms with Gasteiger partial charge in [0.05, 0.1) is 11.7 Å². The van der Waals surface area contributed by atoms with Crippen LogP contribution >= 0.6 is 27.3 Å². The first-order valence-electron chi connectivity index (χ1n) is 10.2. The summed E-state index contributed by atoms with van der Waals surface area (Å²) in [5.41, 5.74) is 5.10. The van der Waals surface area contributed by atoms with Crippen molar-refractivity contribution in [1.82, 2.24) is 4.90 Å². The number of hydrogen-bond donors (Lipinski definition) is 1. The van der Waals surface area contributed by atoms with E-state index in [1.807, 2.05) is 46.6 Å². The van der Waals surface area contributed by atoms with E-state index >= 15 is 0 Å². The number of nitrogens with one attached hydrogen (secondary N) is 1. The van der Waals surface area contributed by atoms with E-state index in [9.17, 15) is 4.79 Å². The molecule has 0 spiro atoms. The van der Waals surface area contributed by atoms with Crippen LogP contribution in [0.4, 0.5) is 10.5 Å². The third-order valence-electron chi connectivity index (χ3n) is 5.97. The van der Waals surface area contributed by atoms with Gasteiger partial charge in [0.2, 0.25) is 0 Å². The number of aryl methyl sites for hydroxylation is 1. The van der Waals surface area contributed by atoms with Gasteiger partial charge < -0.3 is 10.2 Å². The van der Waals surface area contributed by atoms with Gasteiger partial charge in [0.25, 0.3) is 0 Å². The number of urea groups is 1. The second kappa shape index (κ2) is 7.96. The Morgan fingerprint density at radius 3 is 2.55 bits per heavy atom. The molecule has 1 N–H and O–H groups in total. The summed E-state index contributed by atoms with van der Waals surface area (Å²) in [6, 6.07) is 18.2. The first kappa shape index (κ1) is 18.9. The van der Waals surface area contributed by atoms with Crippen LogP contribution in [-0.4, -0.2) is 17.5 Å². The highest BCUT2D eigenvalue weighted by Gasteiger charge is 2.36. The molecule has 5 rings (SSSR count). The Morgan fingerprint density at radius 1 is 0.966 bits per heavy atom. The molecule has 1 aromatic heterocycles. The predicted molar refractivity (Wildman–Crippen MR) is 123 cm³/mol. The Balaban J connectivity index is 1.54. The fourth-order valence-corrected chi connectivity index (χ4v) is 6.55. The molecule has 0 fully saturated rings. The van der Waals surface area contributed by atoms with E-state index in [4.69, 9.17) is 0 Å². The highest BCUT2D eigenvalue weighted by Crippen LogP contribution is 2.45. The maximum absolute atomic E-state index is 13.4. The fraction of sp³-hybridized carbons (Fsp3) is 0.292. The van der Waals surface area contributed by atoms with E-state index in [1.54, 1.807) is 10.4 Å². The van der Waals surface area contributed by atoms with Crippen molar-refractivity contribution in [1.29, 1.82) is 0 Å². The molecule has 1 unspecified atom stereocenters. The van der Waals surface area contributed by atoms with Crippen LogP contribution in [0, 0.1) is 0 Å². The summed E-state index contributed by atoms with van der Waals surface area (Å²) in [5, 5.41) is 3.12. The van der Waals surface area contributed by atoms with Crippen LogP contribution in [0.2, 0.25) is 0 Å². The minimum absolute atomic E-state index is 0.0157. The first-order valence-corrected chi connectivity index (χ1v) is 11.8. The Morgan fingerprint density at radius 2 is 1.72 bits per heavy atom. The highest BCUT2D eigenvalue weighted by atomic mass is 79.9. The van der Waals surface area contributed by atoms with E-state index in [0.29, 0.717) is 0 Å². The molecular formula is C24H23BrN2OS. The maximum atomic E-state index is 13.4. The number of rotatable bonds is 2. The molecule has 1 atom stereocenters. The third-order valence-corrected chi connectivity index (χ3v) is 8.04. The van der Waals surface area contributed by atoms with Gasteiger partial charge in [-0.2, -0.15) is 0 Å². The SMILES string of the molecule is O=C(Nc1ccccc1Br)N1CCc2c(sc3c2CCCC3)C1c1ccccc1. The van der Waals surface area contributed by atoms with Gasteiger partial charge in [-0.15, -0.1) is 11.3 Å². The van der Waals surface area contributed by atoms with Crippen molar-refractivity contribution in [2.75, 3.05) is 11.9 Å². The van der Waals surface area contributed by atoms with Gasteiger partial charge in [-0.3, -0.25) is 0 Å². The second-order valence-electron chi connectivity index (χ2n) is 7.72. The number of carbonyl (C=O) groups is 1. The molecule has 5 heteroatoms. The van der Waals surface area contributed by atoms with Crippen LogP contribution in [-0.2, 0) is 19.3 Å². The number of hydrogen-bond acceptors (Lipinski definition) is 2. The van der Waals surface area contributed by atoms with Crippen molar-refractivity contribution in [3.8, 4) is 0 Å². The number of benzene rings is 2. The molecule has 2 aromatic carbocycles. The molecule has 0 saturated heterocycles. The van der Waals surface area contributed by atoms with Crippen molar-refractivity contribution < 1.29 is 4.79 Å². The zero-order valence-corrected chi connectivity index (χ0v) is 18.6. The van der Waals surface area contributed by atoms with E-state index in [1.165, 1.54) is 41.7 Å². The van der Waals surface area contributed by atoms with Crippen LogP contribution in [0.3, 0.4) is 0 Å². The lowest BCUT2D eigenvalue weighted by Gasteiger charge is -2.36. The third kappa shape index (κ3) is 3.51. The number of halogens is 1. The minimum Gasteiger partial charge on any atom is -0.312 e. The molecule has 29 heavy (non-hydrogen) atoms. The molecule has 2 aliphatic rings. The maximum Gasteiger partial charge on any atom is 0.322 e. The van der Waals surface area contributed by atoms with E-state index in [2.05, 4.69) is 45.5 Å². The predicted octanol–water partition coefficient (Wildman–Crippen LogP) is 6.57. The summed E-state index contributed by atoms with van der Waals surface area (Å²) in [6.45, 7) is 0.742. The van der Waals surface area contributed by atoms with Crippen LogP contribution in [0.15, 0.2) is 59.1 Å². The fourth-order valence-electron chi connectivity index (χ4n) is 4.59. The van der Waals surface area contributed by atoms with Gasteiger partial charge >= 0.3 is 6.03 Å². The zero-order valence-electron chi connectivity index (χ0n) is 16.2. The van der Waals surface area contributed by atoms with E-state index in [0.717, 1.165) is 23.1 Å². The van der Waals surface area contributed by atoms with Crippen molar-refractivity contribution in [2.45, 2.75) is 38.1 Å². The smallest absolute Gasteiger partial charge is 0.312 e. The normalized spacial score (nSPS) is 18.1. The highest BCUT2D eigenvalue weighted by molar-refractivity contribution is 9.10. The monoisotopic (exact) mass is 466 g/mol. The molecule has 3 aromatic rings. The molecule has 148 valence electrons. The number of fused-ring (bicyclic) bond motifs is 3. The first-order chi connectivity index (χ1) is 14.2. The molecular weight excluding hydrogens is 444 g/mol. The van der Waals surface area contributed by atoms with Crippen molar-refractivity contribution in [2.24, 2.45) is 0 Å².